The third-order valence-electron chi connectivity index (χ3n) is 4.52. The van der Waals surface area contributed by atoms with Crippen LogP contribution in [0.25, 0.3) is 0 Å². The van der Waals surface area contributed by atoms with Gasteiger partial charge in [-0.2, -0.15) is 0 Å². The van der Waals surface area contributed by atoms with Gasteiger partial charge in [0.25, 0.3) is 5.91 Å². The van der Waals surface area contributed by atoms with Gasteiger partial charge in [-0.3, -0.25) is 9.59 Å². The summed E-state index contributed by atoms with van der Waals surface area (Å²) in [6, 6.07) is 12.1. The minimum absolute atomic E-state index is 0.0201. The molecule has 1 aliphatic carbocycles. The Bertz CT molecular complexity index is 983. The lowest BCUT2D eigenvalue weighted by atomic mass is 9.97. The molecule has 0 heterocycles. The monoisotopic (exact) mass is 387 g/mol. The van der Waals surface area contributed by atoms with Crippen LogP contribution in [0.5, 0.6) is 5.75 Å². The van der Waals surface area contributed by atoms with Crippen LogP contribution in [0.3, 0.4) is 0 Å². The highest BCUT2D eigenvalue weighted by atomic mass is 32.2. The van der Waals surface area contributed by atoms with Crippen molar-refractivity contribution >= 4 is 21.7 Å². The summed E-state index contributed by atoms with van der Waals surface area (Å²) in [4.78, 5) is 24.3. The maximum absolute atomic E-state index is 12.2. The van der Waals surface area contributed by atoms with Gasteiger partial charge in [0.05, 0.1) is 11.3 Å². The van der Waals surface area contributed by atoms with Crippen molar-refractivity contribution in [2.75, 3.05) is 6.61 Å². The minimum Gasteiger partial charge on any atom is -0.483 e. The number of ketones is 1. The van der Waals surface area contributed by atoms with E-state index in [4.69, 9.17) is 4.74 Å². The van der Waals surface area contributed by atoms with Crippen molar-refractivity contribution in [3.8, 4) is 5.75 Å². The summed E-state index contributed by atoms with van der Waals surface area (Å²) in [5.41, 5.74) is 3.03. The second-order valence-corrected chi connectivity index (χ2v) is 8.48. The van der Waals surface area contributed by atoms with E-state index in [9.17, 15) is 18.0 Å². The molecule has 0 saturated heterocycles. The second-order valence-electron chi connectivity index (χ2n) is 6.76. The van der Waals surface area contributed by atoms with Crippen molar-refractivity contribution in [2.24, 2.45) is 0 Å². The number of rotatable bonds is 6. The zero-order chi connectivity index (χ0) is 19.6. The number of carbonyl (C=O) groups excluding carboxylic acids is 2. The van der Waals surface area contributed by atoms with E-state index in [2.05, 4.69) is 0 Å². The third kappa shape index (κ3) is 4.36. The van der Waals surface area contributed by atoms with Gasteiger partial charge in [-0.05, 0) is 35.6 Å². The molecule has 1 aliphatic rings. The average molecular weight is 387 g/mol. The number of Topliss-reactive ketones (excluding diaryl/α,β-unsaturated/α-hetero) is 1. The predicted molar refractivity (Wildman–Crippen MR) is 101 cm³/mol. The average Bonchev–Trinajstić information content (AvgIpc) is 2.90. The molecule has 0 bridgehead atoms. The standard InChI is InChI=1S/C20H21NO5S/c1-13-8-9-17(20-16(22)10-14(2)19(13)20)26-11-18(23)21-27(24,25)12-15-6-4-3-5-7-15/h3-9,14H,10-12H2,1-2H3,(H,21,23). The molecular weight excluding hydrogens is 366 g/mol. The molecule has 0 radical (unpaired) electrons. The zero-order valence-corrected chi connectivity index (χ0v) is 16.0. The lowest BCUT2D eigenvalue weighted by Crippen LogP contribution is -2.35. The van der Waals surface area contributed by atoms with Crippen LogP contribution in [0, 0.1) is 6.92 Å². The van der Waals surface area contributed by atoms with E-state index in [0.717, 1.165) is 11.1 Å². The van der Waals surface area contributed by atoms with Crippen molar-refractivity contribution in [1.29, 1.82) is 0 Å². The summed E-state index contributed by atoms with van der Waals surface area (Å²) in [6.07, 6.45) is 0.411. The molecule has 0 spiro atoms. The molecule has 1 unspecified atom stereocenters. The lowest BCUT2D eigenvalue weighted by molar-refractivity contribution is -0.121. The summed E-state index contributed by atoms with van der Waals surface area (Å²) in [7, 11) is -3.82. The van der Waals surface area contributed by atoms with Crippen LogP contribution in [-0.2, 0) is 20.6 Å². The maximum Gasteiger partial charge on any atom is 0.271 e. The van der Waals surface area contributed by atoms with Crippen molar-refractivity contribution in [3.63, 3.8) is 0 Å². The summed E-state index contributed by atoms with van der Waals surface area (Å²) in [5.74, 6) is -0.668. The predicted octanol–water partition coefficient (Wildman–Crippen LogP) is 2.71. The molecule has 6 nitrogen and oxygen atoms in total. The van der Waals surface area contributed by atoms with E-state index in [-0.39, 0.29) is 17.5 Å². The van der Waals surface area contributed by atoms with E-state index in [1.54, 1.807) is 36.4 Å². The highest BCUT2D eigenvalue weighted by Gasteiger charge is 2.31. The van der Waals surface area contributed by atoms with E-state index < -0.39 is 22.5 Å². The van der Waals surface area contributed by atoms with E-state index in [1.807, 2.05) is 24.6 Å². The molecule has 7 heteroatoms. The van der Waals surface area contributed by atoms with Crippen LogP contribution in [0.4, 0.5) is 0 Å². The Morgan fingerprint density at radius 2 is 1.89 bits per heavy atom. The molecule has 0 aliphatic heterocycles. The molecule has 0 saturated carbocycles. The van der Waals surface area contributed by atoms with Gasteiger partial charge in [-0.25, -0.2) is 13.1 Å². The SMILES string of the molecule is Cc1ccc(OCC(=O)NS(=O)(=O)Cc2ccccc2)c2c1C(C)CC2=O. The normalized spacial score (nSPS) is 16.1. The van der Waals surface area contributed by atoms with Crippen molar-refractivity contribution in [2.45, 2.75) is 31.9 Å². The van der Waals surface area contributed by atoms with E-state index >= 15 is 0 Å². The summed E-state index contributed by atoms with van der Waals surface area (Å²) in [6.45, 7) is 3.43. The van der Waals surface area contributed by atoms with Crippen LogP contribution in [-0.4, -0.2) is 26.7 Å². The molecule has 0 fully saturated rings. The molecule has 1 amide bonds. The van der Waals surface area contributed by atoms with Gasteiger partial charge in [0, 0.05) is 6.42 Å². The molecule has 3 rings (SSSR count). The number of sulfonamides is 1. The van der Waals surface area contributed by atoms with Crippen LogP contribution in [0.15, 0.2) is 42.5 Å². The molecule has 142 valence electrons. The Morgan fingerprint density at radius 3 is 2.59 bits per heavy atom. The lowest BCUT2D eigenvalue weighted by Gasteiger charge is -2.13. The number of carbonyl (C=O) groups is 2. The van der Waals surface area contributed by atoms with Gasteiger partial charge in [0.2, 0.25) is 10.0 Å². The molecule has 1 N–H and O–H groups in total. The first-order chi connectivity index (χ1) is 12.8. The zero-order valence-electron chi connectivity index (χ0n) is 15.2. The largest absolute Gasteiger partial charge is 0.483 e. The number of amides is 1. The summed E-state index contributed by atoms with van der Waals surface area (Å²) < 4.78 is 31.7. The van der Waals surface area contributed by atoms with Crippen LogP contribution in [0.1, 0.15) is 46.3 Å². The quantitative estimate of drug-likeness (QED) is 0.823. The van der Waals surface area contributed by atoms with Gasteiger partial charge in [0.1, 0.15) is 5.75 Å². The van der Waals surface area contributed by atoms with E-state index in [0.29, 0.717) is 23.3 Å². The molecule has 0 aromatic heterocycles. The molecular formula is C20H21NO5S. The van der Waals surface area contributed by atoms with Crippen LogP contribution < -0.4 is 9.46 Å². The fraction of sp³-hybridized carbons (Fsp3) is 0.300. The minimum atomic E-state index is -3.82. The highest BCUT2D eigenvalue weighted by Crippen LogP contribution is 2.40. The third-order valence-corrected chi connectivity index (χ3v) is 5.77. The molecule has 27 heavy (non-hydrogen) atoms. The van der Waals surface area contributed by atoms with Crippen LogP contribution >= 0.6 is 0 Å². The fourth-order valence-electron chi connectivity index (χ4n) is 3.40. The van der Waals surface area contributed by atoms with Gasteiger partial charge in [0.15, 0.2) is 12.4 Å². The van der Waals surface area contributed by atoms with Crippen molar-refractivity contribution in [3.05, 3.63) is 64.7 Å². The number of fused-ring (bicyclic) bond motifs is 1. The Morgan fingerprint density at radius 1 is 1.19 bits per heavy atom. The smallest absolute Gasteiger partial charge is 0.271 e. The van der Waals surface area contributed by atoms with Gasteiger partial charge in [-0.15, -0.1) is 0 Å². The number of ether oxygens (including phenoxy) is 1. The first-order valence-corrected chi connectivity index (χ1v) is 10.3. The number of nitrogens with one attached hydrogen (secondary N) is 1. The Kier molecular flexibility index (Phi) is 5.32. The Labute approximate surface area is 158 Å². The number of hydrogen-bond acceptors (Lipinski definition) is 5. The van der Waals surface area contributed by atoms with Gasteiger partial charge < -0.3 is 4.74 Å². The second kappa shape index (κ2) is 7.52. The number of benzene rings is 2. The van der Waals surface area contributed by atoms with E-state index in [1.165, 1.54) is 0 Å². The first-order valence-electron chi connectivity index (χ1n) is 8.63. The summed E-state index contributed by atoms with van der Waals surface area (Å²) >= 11 is 0. The highest BCUT2D eigenvalue weighted by molar-refractivity contribution is 7.89. The van der Waals surface area contributed by atoms with Crippen molar-refractivity contribution in [1.82, 2.24) is 4.72 Å². The van der Waals surface area contributed by atoms with Crippen LogP contribution in [0.2, 0.25) is 0 Å². The number of hydrogen-bond donors (Lipinski definition) is 1. The fourth-order valence-corrected chi connectivity index (χ4v) is 4.51. The number of aryl methyl sites for hydroxylation is 1. The molecule has 2 aromatic carbocycles. The Hall–Kier alpha value is -2.67. The topological polar surface area (TPSA) is 89.5 Å². The molecule has 1 atom stereocenters. The van der Waals surface area contributed by atoms with Gasteiger partial charge in [-0.1, -0.05) is 43.3 Å². The van der Waals surface area contributed by atoms with Gasteiger partial charge >= 0.3 is 0 Å². The first kappa shape index (κ1) is 19.1. The maximum atomic E-state index is 12.2. The molecule has 2 aromatic rings. The Balaban J connectivity index is 1.66. The summed E-state index contributed by atoms with van der Waals surface area (Å²) in [5, 5.41) is 0. The van der Waals surface area contributed by atoms with Crippen molar-refractivity contribution < 1.29 is 22.7 Å².